The molecule has 148 valence electrons. The fraction of sp³-hybridized carbons (Fsp3) is 0.235. The van der Waals surface area contributed by atoms with Crippen LogP contribution in [0.15, 0.2) is 42.5 Å². The molecule has 0 unspecified atom stereocenters. The van der Waals surface area contributed by atoms with Gasteiger partial charge in [0.25, 0.3) is 5.69 Å². The van der Waals surface area contributed by atoms with Crippen molar-refractivity contribution in [1.29, 1.82) is 0 Å². The Balaban J connectivity index is 1.97. The number of hydrogen-bond donors (Lipinski definition) is 1. The van der Waals surface area contributed by atoms with E-state index in [0.717, 1.165) is 16.4 Å². The van der Waals surface area contributed by atoms with Crippen LogP contribution < -0.4 is 4.72 Å². The molecular formula is C17H16ClN3O6S. The van der Waals surface area contributed by atoms with Crippen LogP contribution in [0.2, 0.25) is 5.02 Å². The van der Waals surface area contributed by atoms with Crippen LogP contribution >= 0.6 is 11.6 Å². The standard InChI is InChI=1S/C17H16ClN3O6S/c18-14-4-2-1-3-13(14)17(22)12-5-6-16(21(23)24)15(11-12)19-28(25,26)20-7-9-27-10-8-20/h1-6,11,19H,7-10H2. The highest BCUT2D eigenvalue weighted by Gasteiger charge is 2.28. The maximum Gasteiger partial charge on any atom is 0.302 e. The monoisotopic (exact) mass is 425 g/mol. The van der Waals surface area contributed by atoms with E-state index in [4.69, 9.17) is 16.3 Å². The number of nitrogens with one attached hydrogen (secondary N) is 1. The second kappa shape index (κ2) is 8.23. The Morgan fingerprint density at radius 1 is 1.18 bits per heavy atom. The van der Waals surface area contributed by atoms with Crippen molar-refractivity contribution < 1.29 is 22.9 Å². The molecule has 1 fully saturated rings. The molecule has 1 aliphatic heterocycles. The zero-order valence-electron chi connectivity index (χ0n) is 14.5. The van der Waals surface area contributed by atoms with Crippen molar-refractivity contribution in [2.45, 2.75) is 0 Å². The smallest absolute Gasteiger partial charge is 0.302 e. The topological polar surface area (TPSA) is 119 Å². The lowest BCUT2D eigenvalue weighted by atomic mass is 10.0. The lowest BCUT2D eigenvalue weighted by Crippen LogP contribution is -2.43. The number of ketones is 1. The summed E-state index contributed by atoms with van der Waals surface area (Å²) in [6, 6.07) is 9.84. The van der Waals surface area contributed by atoms with E-state index in [9.17, 15) is 23.3 Å². The molecule has 0 atom stereocenters. The maximum absolute atomic E-state index is 12.7. The zero-order valence-corrected chi connectivity index (χ0v) is 16.1. The highest BCUT2D eigenvalue weighted by Crippen LogP contribution is 2.29. The van der Waals surface area contributed by atoms with Gasteiger partial charge in [0.1, 0.15) is 5.69 Å². The molecule has 1 N–H and O–H groups in total. The molecule has 0 bridgehead atoms. The van der Waals surface area contributed by atoms with E-state index in [1.807, 2.05) is 0 Å². The van der Waals surface area contributed by atoms with Crippen molar-refractivity contribution >= 4 is 39.0 Å². The number of carbonyl (C=O) groups excluding carboxylic acids is 1. The number of nitrogens with zero attached hydrogens (tertiary/aromatic N) is 2. The number of nitro benzene ring substituents is 1. The summed E-state index contributed by atoms with van der Waals surface area (Å²) < 4.78 is 33.6. The van der Waals surface area contributed by atoms with Gasteiger partial charge in [-0.15, -0.1) is 0 Å². The molecule has 0 saturated carbocycles. The van der Waals surface area contributed by atoms with Gasteiger partial charge in [-0.2, -0.15) is 12.7 Å². The fourth-order valence-electron chi connectivity index (χ4n) is 2.71. The van der Waals surface area contributed by atoms with Crippen LogP contribution in [-0.4, -0.2) is 49.7 Å². The fourth-order valence-corrected chi connectivity index (χ4v) is 4.13. The molecule has 3 rings (SSSR count). The summed E-state index contributed by atoms with van der Waals surface area (Å²) >= 11 is 6.04. The first-order chi connectivity index (χ1) is 13.3. The minimum absolute atomic E-state index is 0.0679. The van der Waals surface area contributed by atoms with Gasteiger partial charge in [-0.3, -0.25) is 19.6 Å². The van der Waals surface area contributed by atoms with E-state index >= 15 is 0 Å². The summed E-state index contributed by atoms with van der Waals surface area (Å²) in [5.41, 5.74) is -0.486. The van der Waals surface area contributed by atoms with Gasteiger partial charge in [-0.25, -0.2) is 0 Å². The van der Waals surface area contributed by atoms with Gasteiger partial charge >= 0.3 is 10.2 Å². The Kier molecular flexibility index (Phi) is 5.94. The van der Waals surface area contributed by atoms with E-state index in [1.165, 1.54) is 12.1 Å². The molecule has 11 heteroatoms. The highest BCUT2D eigenvalue weighted by atomic mass is 35.5. The molecule has 1 aliphatic rings. The number of anilines is 1. The van der Waals surface area contributed by atoms with Gasteiger partial charge in [0.15, 0.2) is 5.78 Å². The number of hydrogen-bond acceptors (Lipinski definition) is 6. The third kappa shape index (κ3) is 4.30. The molecule has 0 spiro atoms. The number of carbonyl (C=O) groups is 1. The van der Waals surface area contributed by atoms with E-state index in [2.05, 4.69) is 4.72 Å². The molecule has 9 nitrogen and oxygen atoms in total. The molecule has 0 radical (unpaired) electrons. The van der Waals surface area contributed by atoms with Crippen LogP contribution in [0.3, 0.4) is 0 Å². The SMILES string of the molecule is O=C(c1ccc([N+](=O)[O-])c(NS(=O)(=O)N2CCOCC2)c1)c1ccccc1Cl. The molecule has 2 aromatic rings. The average molecular weight is 426 g/mol. The first kappa shape index (κ1) is 20.2. The van der Waals surface area contributed by atoms with Crippen molar-refractivity contribution in [1.82, 2.24) is 4.31 Å². The minimum atomic E-state index is -4.05. The zero-order chi connectivity index (χ0) is 20.3. The van der Waals surface area contributed by atoms with Crippen LogP contribution in [0.5, 0.6) is 0 Å². The Bertz CT molecular complexity index is 1020. The summed E-state index contributed by atoms with van der Waals surface area (Å²) in [6.45, 7) is 0.713. The second-order valence-electron chi connectivity index (χ2n) is 5.92. The Morgan fingerprint density at radius 2 is 1.86 bits per heavy atom. The van der Waals surface area contributed by atoms with Crippen LogP contribution in [0.25, 0.3) is 0 Å². The van der Waals surface area contributed by atoms with E-state index in [1.54, 1.807) is 18.2 Å². The molecule has 1 heterocycles. The number of rotatable bonds is 6. The normalized spacial score (nSPS) is 15.2. The van der Waals surface area contributed by atoms with Gasteiger partial charge in [0.05, 0.1) is 23.2 Å². The van der Waals surface area contributed by atoms with Crippen molar-refractivity contribution in [3.63, 3.8) is 0 Å². The summed E-state index contributed by atoms with van der Waals surface area (Å²) in [5, 5.41) is 11.5. The number of benzene rings is 2. The van der Waals surface area contributed by atoms with E-state index < -0.39 is 26.6 Å². The predicted molar refractivity (Wildman–Crippen MR) is 103 cm³/mol. The largest absolute Gasteiger partial charge is 0.379 e. The molecular weight excluding hydrogens is 410 g/mol. The number of ether oxygens (including phenoxy) is 1. The third-order valence-corrected chi connectivity index (χ3v) is 5.98. The van der Waals surface area contributed by atoms with Crippen LogP contribution in [0.4, 0.5) is 11.4 Å². The molecule has 0 aliphatic carbocycles. The summed E-state index contributed by atoms with van der Waals surface area (Å²) in [7, 11) is -4.05. The number of halogens is 1. The lowest BCUT2D eigenvalue weighted by molar-refractivity contribution is -0.383. The Labute approximate surface area is 166 Å². The Morgan fingerprint density at radius 3 is 2.50 bits per heavy atom. The van der Waals surface area contributed by atoms with Gasteiger partial charge in [-0.05, 0) is 24.3 Å². The molecule has 28 heavy (non-hydrogen) atoms. The maximum atomic E-state index is 12.7. The predicted octanol–water partition coefficient (Wildman–Crippen LogP) is 2.47. The van der Waals surface area contributed by atoms with Gasteiger partial charge in [0, 0.05) is 30.3 Å². The van der Waals surface area contributed by atoms with Crippen LogP contribution in [0.1, 0.15) is 15.9 Å². The minimum Gasteiger partial charge on any atom is -0.379 e. The van der Waals surface area contributed by atoms with Gasteiger partial charge in [0.2, 0.25) is 0 Å². The quantitative estimate of drug-likeness (QED) is 0.431. The van der Waals surface area contributed by atoms with E-state index in [-0.39, 0.29) is 48.1 Å². The van der Waals surface area contributed by atoms with Crippen molar-refractivity contribution in [3.8, 4) is 0 Å². The highest BCUT2D eigenvalue weighted by molar-refractivity contribution is 7.90. The average Bonchev–Trinajstić information content (AvgIpc) is 2.68. The lowest BCUT2D eigenvalue weighted by Gasteiger charge is -2.26. The first-order valence-corrected chi connectivity index (χ1v) is 10.0. The number of morpholine rings is 1. The van der Waals surface area contributed by atoms with Crippen molar-refractivity contribution in [2.24, 2.45) is 0 Å². The van der Waals surface area contributed by atoms with E-state index in [0.29, 0.717) is 0 Å². The summed E-state index contributed by atoms with van der Waals surface area (Å²) in [5.74, 6) is -0.479. The summed E-state index contributed by atoms with van der Waals surface area (Å²) in [4.78, 5) is 23.3. The molecule has 0 amide bonds. The third-order valence-electron chi connectivity index (χ3n) is 4.12. The first-order valence-electron chi connectivity index (χ1n) is 8.23. The van der Waals surface area contributed by atoms with Crippen LogP contribution in [0, 0.1) is 10.1 Å². The number of nitro groups is 1. The molecule has 0 aromatic heterocycles. The van der Waals surface area contributed by atoms with Gasteiger partial charge < -0.3 is 4.74 Å². The molecule has 2 aromatic carbocycles. The summed E-state index contributed by atoms with van der Waals surface area (Å²) in [6.07, 6.45) is 0. The second-order valence-corrected chi connectivity index (χ2v) is 7.99. The van der Waals surface area contributed by atoms with Crippen molar-refractivity contribution in [3.05, 3.63) is 68.7 Å². The Hall–Kier alpha value is -2.53. The van der Waals surface area contributed by atoms with Crippen molar-refractivity contribution in [2.75, 3.05) is 31.0 Å². The molecule has 1 saturated heterocycles. The van der Waals surface area contributed by atoms with Gasteiger partial charge in [-0.1, -0.05) is 23.7 Å². The van der Waals surface area contributed by atoms with Crippen LogP contribution in [-0.2, 0) is 14.9 Å².